The number of hydrogen-bond donors (Lipinski definition) is 0. The molecule has 0 spiro atoms. The zero-order valence-corrected chi connectivity index (χ0v) is 11.1. The van der Waals surface area contributed by atoms with E-state index in [2.05, 4.69) is 43.1 Å². The average molecular weight is 247 g/mol. The second kappa shape index (κ2) is 6.01. The van der Waals surface area contributed by atoms with E-state index in [9.17, 15) is 4.79 Å². The lowest BCUT2D eigenvalue weighted by Crippen LogP contribution is -2.37. The molecule has 0 bridgehead atoms. The highest BCUT2D eigenvalue weighted by Gasteiger charge is 2.25. The second-order valence-electron chi connectivity index (χ2n) is 5.13. The molecular weight excluding hydrogens is 226 g/mol. The summed E-state index contributed by atoms with van der Waals surface area (Å²) < 4.78 is 5.25. The summed E-state index contributed by atoms with van der Waals surface area (Å²) in [4.78, 5) is 13.3. The molecule has 0 amide bonds. The lowest BCUT2D eigenvalue weighted by atomic mass is 10.1. The maximum absolute atomic E-state index is 11.1. The number of hydrogen-bond acceptors (Lipinski definition) is 3. The molecule has 1 aromatic carbocycles. The Morgan fingerprint density at radius 2 is 2.11 bits per heavy atom. The fourth-order valence-corrected chi connectivity index (χ4v) is 2.32. The third-order valence-electron chi connectivity index (χ3n) is 3.59. The Morgan fingerprint density at radius 1 is 1.39 bits per heavy atom. The SMILES string of the molecule is CC(Cc1ccccc1)N(C)CC1CCC(=O)O1. The molecule has 0 aromatic heterocycles. The van der Waals surface area contributed by atoms with Crippen molar-refractivity contribution < 1.29 is 9.53 Å². The van der Waals surface area contributed by atoms with Crippen LogP contribution in [0.25, 0.3) is 0 Å². The molecule has 1 aliphatic rings. The molecule has 0 radical (unpaired) electrons. The van der Waals surface area contributed by atoms with Crippen molar-refractivity contribution in [2.75, 3.05) is 13.6 Å². The van der Waals surface area contributed by atoms with Crippen LogP contribution in [0.1, 0.15) is 25.3 Å². The van der Waals surface area contributed by atoms with Crippen molar-refractivity contribution in [3.63, 3.8) is 0 Å². The molecular formula is C15H21NO2. The standard InChI is InChI=1S/C15H21NO2/c1-12(10-13-6-4-3-5-7-13)16(2)11-14-8-9-15(17)18-14/h3-7,12,14H,8-11H2,1-2H3. The normalized spacial score (nSPS) is 21.1. The van der Waals surface area contributed by atoms with Crippen molar-refractivity contribution in [2.24, 2.45) is 0 Å². The maximum atomic E-state index is 11.1. The number of ether oxygens (including phenoxy) is 1. The van der Waals surface area contributed by atoms with E-state index >= 15 is 0 Å². The molecule has 0 N–H and O–H groups in total. The van der Waals surface area contributed by atoms with Gasteiger partial charge in [-0.15, -0.1) is 0 Å². The zero-order valence-electron chi connectivity index (χ0n) is 11.1. The van der Waals surface area contributed by atoms with Crippen LogP contribution in [0.5, 0.6) is 0 Å². The number of rotatable bonds is 5. The van der Waals surface area contributed by atoms with Gasteiger partial charge in [0.15, 0.2) is 0 Å². The molecule has 1 heterocycles. The van der Waals surface area contributed by atoms with E-state index in [0.717, 1.165) is 19.4 Å². The summed E-state index contributed by atoms with van der Waals surface area (Å²) in [5.41, 5.74) is 1.35. The minimum absolute atomic E-state index is 0.0517. The number of benzene rings is 1. The van der Waals surface area contributed by atoms with Crippen molar-refractivity contribution in [3.8, 4) is 0 Å². The third-order valence-corrected chi connectivity index (χ3v) is 3.59. The van der Waals surface area contributed by atoms with Crippen molar-refractivity contribution in [3.05, 3.63) is 35.9 Å². The first kappa shape index (κ1) is 13.1. The molecule has 2 rings (SSSR count). The Morgan fingerprint density at radius 3 is 2.72 bits per heavy atom. The largest absolute Gasteiger partial charge is 0.461 e. The van der Waals surface area contributed by atoms with Gasteiger partial charge in [-0.1, -0.05) is 30.3 Å². The second-order valence-corrected chi connectivity index (χ2v) is 5.13. The van der Waals surface area contributed by atoms with Crippen molar-refractivity contribution in [1.82, 2.24) is 4.90 Å². The number of cyclic esters (lactones) is 1. The van der Waals surface area contributed by atoms with Crippen LogP contribution in [0.3, 0.4) is 0 Å². The van der Waals surface area contributed by atoms with Crippen LogP contribution in [0.2, 0.25) is 0 Å². The molecule has 98 valence electrons. The molecule has 1 aromatic rings. The van der Waals surface area contributed by atoms with Gasteiger partial charge in [-0.25, -0.2) is 0 Å². The van der Waals surface area contributed by atoms with E-state index in [1.807, 2.05) is 6.07 Å². The fourth-order valence-electron chi connectivity index (χ4n) is 2.32. The summed E-state index contributed by atoms with van der Waals surface area (Å²) in [5.74, 6) is -0.0517. The third kappa shape index (κ3) is 3.57. The highest BCUT2D eigenvalue weighted by Crippen LogP contribution is 2.16. The summed E-state index contributed by atoms with van der Waals surface area (Å²) in [6.45, 7) is 3.05. The van der Waals surface area contributed by atoms with Crippen LogP contribution in [-0.4, -0.2) is 36.6 Å². The lowest BCUT2D eigenvalue weighted by Gasteiger charge is -2.26. The molecule has 0 saturated carbocycles. The molecule has 0 aliphatic carbocycles. The maximum Gasteiger partial charge on any atom is 0.306 e. The number of carbonyl (C=O) groups is 1. The molecule has 1 saturated heterocycles. The fraction of sp³-hybridized carbons (Fsp3) is 0.533. The number of esters is 1. The Labute approximate surface area is 109 Å². The van der Waals surface area contributed by atoms with Crippen LogP contribution in [-0.2, 0) is 16.0 Å². The van der Waals surface area contributed by atoms with E-state index < -0.39 is 0 Å². The van der Waals surface area contributed by atoms with Crippen LogP contribution < -0.4 is 0 Å². The summed E-state index contributed by atoms with van der Waals surface area (Å²) in [5, 5.41) is 0. The monoisotopic (exact) mass is 247 g/mol. The molecule has 1 aliphatic heterocycles. The summed E-state index contributed by atoms with van der Waals surface area (Å²) in [6.07, 6.45) is 2.55. The minimum Gasteiger partial charge on any atom is -0.461 e. The minimum atomic E-state index is -0.0517. The van der Waals surface area contributed by atoms with Gasteiger partial charge in [0.1, 0.15) is 6.10 Å². The first-order chi connectivity index (χ1) is 8.65. The van der Waals surface area contributed by atoms with Gasteiger partial charge in [-0.05, 0) is 32.4 Å². The summed E-state index contributed by atoms with van der Waals surface area (Å²) in [6, 6.07) is 10.9. The predicted molar refractivity (Wildman–Crippen MR) is 71.4 cm³/mol. The van der Waals surface area contributed by atoms with Gasteiger partial charge < -0.3 is 4.74 Å². The smallest absolute Gasteiger partial charge is 0.306 e. The number of likely N-dealkylation sites (N-methyl/N-ethyl adjacent to an activating group) is 1. The van der Waals surface area contributed by atoms with Gasteiger partial charge in [0.05, 0.1) is 0 Å². The Hall–Kier alpha value is -1.35. The van der Waals surface area contributed by atoms with Gasteiger partial charge in [-0.2, -0.15) is 0 Å². The Bertz CT molecular complexity index is 391. The van der Waals surface area contributed by atoms with Crippen molar-refractivity contribution in [2.45, 2.75) is 38.3 Å². The van der Waals surface area contributed by atoms with E-state index in [1.165, 1.54) is 5.56 Å². The van der Waals surface area contributed by atoms with Gasteiger partial charge >= 0.3 is 5.97 Å². The molecule has 2 atom stereocenters. The number of carbonyl (C=O) groups excluding carboxylic acids is 1. The summed E-state index contributed by atoms with van der Waals surface area (Å²) in [7, 11) is 2.10. The van der Waals surface area contributed by atoms with Crippen LogP contribution in [0.4, 0.5) is 0 Å². The van der Waals surface area contributed by atoms with Crippen LogP contribution in [0.15, 0.2) is 30.3 Å². The van der Waals surface area contributed by atoms with Crippen molar-refractivity contribution >= 4 is 5.97 Å². The van der Waals surface area contributed by atoms with E-state index in [4.69, 9.17) is 4.74 Å². The van der Waals surface area contributed by atoms with E-state index in [-0.39, 0.29) is 12.1 Å². The van der Waals surface area contributed by atoms with Gasteiger partial charge in [0.25, 0.3) is 0 Å². The quantitative estimate of drug-likeness (QED) is 0.747. The first-order valence-corrected chi connectivity index (χ1v) is 6.59. The zero-order chi connectivity index (χ0) is 13.0. The molecule has 3 nitrogen and oxygen atoms in total. The van der Waals surface area contributed by atoms with Crippen molar-refractivity contribution in [1.29, 1.82) is 0 Å². The van der Waals surface area contributed by atoms with Gasteiger partial charge in [-0.3, -0.25) is 9.69 Å². The molecule has 18 heavy (non-hydrogen) atoms. The molecule has 3 heteroatoms. The molecule has 2 unspecified atom stereocenters. The highest BCUT2D eigenvalue weighted by molar-refractivity contribution is 5.71. The van der Waals surface area contributed by atoms with E-state index in [0.29, 0.717) is 12.5 Å². The first-order valence-electron chi connectivity index (χ1n) is 6.59. The lowest BCUT2D eigenvalue weighted by molar-refractivity contribution is -0.142. The topological polar surface area (TPSA) is 29.5 Å². The van der Waals surface area contributed by atoms with Gasteiger partial charge in [0, 0.05) is 19.0 Å². The van der Waals surface area contributed by atoms with Crippen LogP contribution in [0, 0.1) is 0 Å². The van der Waals surface area contributed by atoms with E-state index in [1.54, 1.807) is 0 Å². The number of nitrogens with zero attached hydrogens (tertiary/aromatic N) is 1. The Balaban J connectivity index is 1.81. The van der Waals surface area contributed by atoms with Gasteiger partial charge in [0.2, 0.25) is 0 Å². The Kier molecular flexibility index (Phi) is 4.37. The average Bonchev–Trinajstić information content (AvgIpc) is 2.76. The highest BCUT2D eigenvalue weighted by atomic mass is 16.5. The molecule has 1 fully saturated rings. The summed E-state index contributed by atoms with van der Waals surface area (Å²) >= 11 is 0. The van der Waals surface area contributed by atoms with Crippen LogP contribution >= 0.6 is 0 Å². The predicted octanol–water partition coefficient (Wildman–Crippen LogP) is 2.25.